The summed E-state index contributed by atoms with van der Waals surface area (Å²) in [5, 5.41) is 0. The van der Waals surface area contributed by atoms with E-state index in [0.717, 1.165) is 5.56 Å². The minimum absolute atomic E-state index is 0.0168. The molecule has 1 atom stereocenters. The van der Waals surface area contributed by atoms with Crippen molar-refractivity contribution in [2.24, 2.45) is 5.84 Å². The van der Waals surface area contributed by atoms with E-state index >= 15 is 0 Å². The number of benzene rings is 1. The van der Waals surface area contributed by atoms with Gasteiger partial charge in [-0.15, -0.1) is 0 Å². The number of nitrogens with one attached hydrogen (secondary N) is 1. The molecule has 0 bridgehead atoms. The summed E-state index contributed by atoms with van der Waals surface area (Å²) in [4.78, 5) is 4.07. The van der Waals surface area contributed by atoms with Gasteiger partial charge in [-0.3, -0.25) is 10.8 Å². The van der Waals surface area contributed by atoms with Crippen LogP contribution in [0.25, 0.3) is 0 Å². The third-order valence-electron chi connectivity index (χ3n) is 2.82. The van der Waals surface area contributed by atoms with Crippen LogP contribution in [0.3, 0.4) is 0 Å². The van der Waals surface area contributed by atoms with E-state index in [2.05, 4.69) is 10.4 Å². The lowest BCUT2D eigenvalue weighted by molar-refractivity contribution is 0.238. The van der Waals surface area contributed by atoms with Crippen LogP contribution in [0.15, 0.2) is 42.6 Å². The standard InChI is InChI=1S/C15H18FN3O/c1-10(2)20-13-8-4-3-6-11(13)14(19-17)15-12(16)7-5-9-18-15/h3-10,14,19H,17H2,1-2H3. The van der Waals surface area contributed by atoms with E-state index in [1.54, 1.807) is 6.07 Å². The van der Waals surface area contributed by atoms with E-state index in [-0.39, 0.29) is 11.8 Å². The third kappa shape index (κ3) is 3.12. The van der Waals surface area contributed by atoms with Crippen LogP contribution in [-0.4, -0.2) is 11.1 Å². The molecule has 1 aromatic heterocycles. The van der Waals surface area contributed by atoms with Gasteiger partial charge in [0.1, 0.15) is 11.6 Å². The highest BCUT2D eigenvalue weighted by atomic mass is 19.1. The molecule has 1 aromatic carbocycles. The fraction of sp³-hybridized carbons (Fsp3) is 0.267. The lowest BCUT2D eigenvalue weighted by Gasteiger charge is -2.21. The lowest BCUT2D eigenvalue weighted by atomic mass is 10.0. The third-order valence-corrected chi connectivity index (χ3v) is 2.82. The molecule has 20 heavy (non-hydrogen) atoms. The second-order valence-corrected chi connectivity index (χ2v) is 4.67. The number of nitrogens with zero attached hydrogens (tertiary/aromatic N) is 1. The zero-order valence-corrected chi connectivity index (χ0v) is 11.5. The summed E-state index contributed by atoms with van der Waals surface area (Å²) in [6, 6.07) is 9.74. The molecule has 0 amide bonds. The highest BCUT2D eigenvalue weighted by Crippen LogP contribution is 2.30. The van der Waals surface area contributed by atoms with E-state index in [9.17, 15) is 4.39 Å². The molecule has 4 nitrogen and oxygen atoms in total. The van der Waals surface area contributed by atoms with E-state index in [0.29, 0.717) is 5.75 Å². The summed E-state index contributed by atoms with van der Waals surface area (Å²) < 4.78 is 19.7. The second kappa shape index (κ2) is 6.45. The van der Waals surface area contributed by atoms with Gasteiger partial charge in [0.05, 0.1) is 17.8 Å². The van der Waals surface area contributed by atoms with Gasteiger partial charge in [0.2, 0.25) is 0 Å². The molecular weight excluding hydrogens is 257 g/mol. The van der Waals surface area contributed by atoms with Crippen molar-refractivity contribution >= 4 is 0 Å². The molecule has 0 aliphatic carbocycles. The predicted molar refractivity (Wildman–Crippen MR) is 75.6 cm³/mol. The Bertz CT molecular complexity index is 575. The molecule has 5 heteroatoms. The summed E-state index contributed by atoms with van der Waals surface area (Å²) in [7, 11) is 0. The molecule has 2 rings (SSSR count). The molecule has 0 saturated heterocycles. The Hall–Kier alpha value is -1.98. The van der Waals surface area contributed by atoms with Gasteiger partial charge in [-0.05, 0) is 32.0 Å². The zero-order valence-electron chi connectivity index (χ0n) is 11.5. The van der Waals surface area contributed by atoms with Gasteiger partial charge in [0.15, 0.2) is 0 Å². The summed E-state index contributed by atoms with van der Waals surface area (Å²) in [5.74, 6) is 5.85. The first-order chi connectivity index (χ1) is 9.63. The highest BCUT2D eigenvalue weighted by Gasteiger charge is 2.21. The normalized spacial score (nSPS) is 12.4. The Kier molecular flexibility index (Phi) is 4.65. The number of ether oxygens (including phenoxy) is 1. The summed E-state index contributed by atoms with van der Waals surface area (Å²) >= 11 is 0. The van der Waals surface area contributed by atoms with Crippen molar-refractivity contribution in [3.8, 4) is 5.75 Å². The highest BCUT2D eigenvalue weighted by molar-refractivity contribution is 5.40. The SMILES string of the molecule is CC(C)Oc1ccccc1C(NN)c1ncccc1F. The van der Waals surface area contributed by atoms with Crippen molar-refractivity contribution in [1.82, 2.24) is 10.4 Å². The number of para-hydroxylation sites is 1. The molecule has 0 radical (unpaired) electrons. The average Bonchev–Trinajstić information content (AvgIpc) is 2.43. The van der Waals surface area contributed by atoms with Gasteiger partial charge in [-0.2, -0.15) is 0 Å². The van der Waals surface area contributed by atoms with Gasteiger partial charge in [-0.1, -0.05) is 18.2 Å². The molecule has 1 heterocycles. The first kappa shape index (κ1) is 14.4. The Labute approximate surface area is 117 Å². The van der Waals surface area contributed by atoms with Gasteiger partial charge in [-0.25, -0.2) is 9.82 Å². The smallest absolute Gasteiger partial charge is 0.146 e. The van der Waals surface area contributed by atoms with E-state index in [1.807, 2.05) is 38.1 Å². The number of hydrogen-bond acceptors (Lipinski definition) is 4. The number of hydrazine groups is 1. The van der Waals surface area contributed by atoms with E-state index in [4.69, 9.17) is 10.6 Å². The maximum atomic E-state index is 13.9. The number of pyridine rings is 1. The number of hydrogen-bond donors (Lipinski definition) is 2. The van der Waals surface area contributed by atoms with Gasteiger partial charge < -0.3 is 4.74 Å². The number of aromatic nitrogens is 1. The summed E-state index contributed by atoms with van der Waals surface area (Å²) in [6.07, 6.45) is 1.55. The molecule has 0 aliphatic heterocycles. The number of rotatable bonds is 5. The summed E-state index contributed by atoms with van der Waals surface area (Å²) in [5.41, 5.74) is 3.60. The molecule has 3 N–H and O–H groups in total. The molecule has 106 valence electrons. The van der Waals surface area contributed by atoms with Crippen molar-refractivity contribution in [2.45, 2.75) is 26.0 Å². The first-order valence-corrected chi connectivity index (χ1v) is 6.45. The molecular formula is C15H18FN3O. The molecule has 1 unspecified atom stereocenters. The summed E-state index contributed by atoms with van der Waals surface area (Å²) in [6.45, 7) is 3.87. The van der Waals surface area contributed by atoms with Crippen LogP contribution in [0.4, 0.5) is 4.39 Å². The van der Waals surface area contributed by atoms with Crippen LogP contribution in [0.2, 0.25) is 0 Å². The lowest BCUT2D eigenvalue weighted by Crippen LogP contribution is -2.30. The average molecular weight is 275 g/mol. The maximum Gasteiger partial charge on any atom is 0.146 e. The molecule has 2 aromatic rings. The molecule has 0 spiro atoms. The first-order valence-electron chi connectivity index (χ1n) is 6.45. The molecule has 0 saturated carbocycles. The topological polar surface area (TPSA) is 60.2 Å². The molecule has 0 fully saturated rings. The van der Waals surface area contributed by atoms with Gasteiger partial charge in [0, 0.05) is 11.8 Å². The van der Waals surface area contributed by atoms with E-state index in [1.165, 1.54) is 12.3 Å². The van der Waals surface area contributed by atoms with Crippen molar-refractivity contribution < 1.29 is 9.13 Å². The van der Waals surface area contributed by atoms with Crippen LogP contribution in [-0.2, 0) is 0 Å². The van der Waals surface area contributed by atoms with Crippen LogP contribution in [0, 0.1) is 5.82 Å². The van der Waals surface area contributed by atoms with Gasteiger partial charge in [0.25, 0.3) is 0 Å². The Morgan fingerprint density at radius 2 is 1.95 bits per heavy atom. The Morgan fingerprint density at radius 3 is 2.60 bits per heavy atom. The van der Waals surface area contributed by atoms with Gasteiger partial charge >= 0.3 is 0 Å². The number of halogens is 1. The fourth-order valence-corrected chi connectivity index (χ4v) is 2.01. The number of nitrogens with two attached hydrogens (primary N) is 1. The fourth-order valence-electron chi connectivity index (χ4n) is 2.01. The Balaban J connectivity index is 2.45. The van der Waals surface area contributed by atoms with Crippen molar-refractivity contribution in [3.05, 3.63) is 59.7 Å². The zero-order chi connectivity index (χ0) is 14.5. The van der Waals surface area contributed by atoms with Crippen molar-refractivity contribution in [3.63, 3.8) is 0 Å². The minimum Gasteiger partial charge on any atom is -0.491 e. The van der Waals surface area contributed by atoms with Crippen molar-refractivity contribution in [2.75, 3.05) is 0 Å². The van der Waals surface area contributed by atoms with Crippen LogP contribution >= 0.6 is 0 Å². The predicted octanol–water partition coefficient (Wildman–Crippen LogP) is 2.56. The van der Waals surface area contributed by atoms with Crippen LogP contribution in [0.1, 0.15) is 31.1 Å². The quantitative estimate of drug-likeness (QED) is 0.650. The second-order valence-electron chi connectivity index (χ2n) is 4.67. The van der Waals surface area contributed by atoms with Crippen LogP contribution < -0.4 is 16.0 Å². The maximum absolute atomic E-state index is 13.9. The monoisotopic (exact) mass is 275 g/mol. The Morgan fingerprint density at radius 1 is 1.20 bits per heavy atom. The largest absolute Gasteiger partial charge is 0.491 e. The van der Waals surface area contributed by atoms with E-state index < -0.39 is 11.9 Å². The minimum atomic E-state index is -0.564. The molecule has 0 aliphatic rings. The van der Waals surface area contributed by atoms with Crippen molar-refractivity contribution in [1.29, 1.82) is 0 Å². The van der Waals surface area contributed by atoms with Crippen LogP contribution in [0.5, 0.6) is 5.75 Å².